The van der Waals surface area contributed by atoms with Crippen molar-refractivity contribution >= 4 is 17.8 Å². The van der Waals surface area contributed by atoms with Crippen LogP contribution in [0, 0.1) is 0 Å². The zero-order valence-corrected chi connectivity index (χ0v) is 22.8. The number of ether oxygens (including phenoxy) is 1. The monoisotopic (exact) mass is 504 g/mol. The van der Waals surface area contributed by atoms with Crippen LogP contribution in [0.2, 0.25) is 0 Å². The molecule has 0 aromatic rings. The Labute approximate surface area is 212 Å². The summed E-state index contributed by atoms with van der Waals surface area (Å²) in [5, 5.41) is 15.6. The summed E-state index contributed by atoms with van der Waals surface area (Å²) in [4.78, 5) is 33.9. The van der Waals surface area contributed by atoms with Crippen LogP contribution in [0.25, 0.3) is 0 Å². The standard InChI is InChI=1S/C19H38N6O5.C3H8.C2H6/c1-3-17(26)15(21)8-5-7-11-25(22)12-14(20)13-30-19(29)24-10-6-4-9-16(23-2)18(27)28;1-3-2;1-2/h12,15-16,23H,3-11,13,20-22H2,1-2H3,(H,24,29)(H,27,28);3H2,1-2H3;1-2H3/b14-12-;;. The molecule has 35 heavy (non-hydrogen) atoms. The molecule has 2 unspecified atom stereocenters. The summed E-state index contributed by atoms with van der Waals surface area (Å²) >= 11 is 0. The first-order chi connectivity index (χ1) is 16.6. The maximum absolute atomic E-state index is 11.6. The van der Waals surface area contributed by atoms with Crippen LogP contribution in [0.1, 0.15) is 86.0 Å². The summed E-state index contributed by atoms with van der Waals surface area (Å²) in [6.45, 7) is 10.9. The summed E-state index contributed by atoms with van der Waals surface area (Å²) in [7, 11) is 1.60. The lowest BCUT2D eigenvalue weighted by Crippen LogP contribution is -2.34. The van der Waals surface area contributed by atoms with Gasteiger partial charge in [0.15, 0.2) is 0 Å². The Morgan fingerprint density at radius 2 is 1.63 bits per heavy atom. The SMILES string of the molecule is CC.CCC.CCC(=O)C(N)CCCCN(N)/C=C(\N)COC(=O)NCCCCC(NC)C(=O)O. The molecular weight excluding hydrogens is 452 g/mol. The highest BCUT2D eigenvalue weighted by Crippen LogP contribution is 2.03. The van der Waals surface area contributed by atoms with E-state index in [0.717, 1.165) is 12.8 Å². The molecule has 11 heteroatoms. The van der Waals surface area contributed by atoms with Gasteiger partial charge in [-0.2, -0.15) is 0 Å². The predicted molar refractivity (Wildman–Crippen MR) is 141 cm³/mol. The quantitative estimate of drug-likeness (QED) is 0.0975. The first-order valence-electron chi connectivity index (χ1n) is 12.7. The molecule has 0 rings (SSSR count). The Balaban J connectivity index is -0.00000189. The van der Waals surface area contributed by atoms with Crippen molar-refractivity contribution in [1.82, 2.24) is 15.6 Å². The number of hydrogen-bond acceptors (Lipinski definition) is 9. The minimum absolute atomic E-state index is 0.0570. The van der Waals surface area contributed by atoms with E-state index in [0.29, 0.717) is 50.9 Å². The topological polar surface area (TPSA) is 186 Å². The predicted octanol–water partition coefficient (Wildman–Crippen LogP) is 2.45. The van der Waals surface area contributed by atoms with Gasteiger partial charge in [-0.05, 0) is 45.6 Å². The number of carboxylic acids is 1. The average Bonchev–Trinajstić information content (AvgIpc) is 2.83. The third kappa shape index (κ3) is 24.6. The van der Waals surface area contributed by atoms with Crippen LogP contribution in [0.3, 0.4) is 0 Å². The summed E-state index contributed by atoms with van der Waals surface area (Å²) in [5.74, 6) is 4.99. The third-order valence-electron chi connectivity index (χ3n) is 4.48. The van der Waals surface area contributed by atoms with Gasteiger partial charge in [0.1, 0.15) is 18.4 Å². The van der Waals surface area contributed by atoms with Crippen molar-refractivity contribution in [3.05, 3.63) is 11.9 Å². The second kappa shape index (κ2) is 26.2. The van der Waals surface area contributed by atoms with Gasteiger partial charge in [0.05, 0.1) is 11.7 Å². The van der Waals surface area contributed by atoms with Gasteiger partial charge in [0.25, 0.3) is 0 Å². The zero-order valence-electron chi connectivity index (χ0n) is 22.8. The number of likely N-dealkylation sites (N-methyl/N-ethyl adjacent to an activating group) is 1. The molecule has 2 atom stereocenters. The van der Waals surface area contributed by atoms with Crippen molar-refractivity contribution < 1.29 is 24.2 Å². The van der Waals surface area contributed by atoms with Crippen LogP contribution in [0.5, 0.6) is 0 Å². The number of nitrogens with two attached hydrogens (primary N) is 3. The summed E-state index contributed by atoms with van der Waals surface area (Å²) in [6.07, 6.45) is 6.49. The van der Waals surface area contributed by atoms with Crippen molar-refractivity contribution in [2.75, 3.05) is 26.7 Å². The smallest absolute Gasteiger partial charge is 0.407 e. The van der Waals surface area contributed by atoms with Crippen LogP contribution < -0.4 is 27.9 Å². The Hall–Kier alpha value is -2.37. The van der Waals surface area contributed by atoms with E-state index in [2.05, 4.69) is 24.5 Å². The maximum Gasteiger partial charge on any atom is 0.407 e. The number of carbonyl (C=O) groups is 3. The fourth-order valence-corrected chi connectivity index (χ4v) is 2.65. The van der Waals surface area contributed by atoms with Crippen LogP contribution >= 0.6 is 0 Å². The Bertz CT molecular complexity index is 575. The molecule has 0 radical (unpaired) electrons. The number of hydrogen-bond donors (Lipinski definition) is 6. The molecule has 0 saturated heterocycles. The normalized spacial score (nSPS) is 12.2. The number of aliphatic carboxylic acids is 1. The molecule has 9 N–H and O–H groups in total. The number of carbonyl (C=O) groups excluding carboxylic acids is 2. The molecular formula is C24H52N6O5. The van der Waals surface area contributed by atoms with Gasteiger partial charge in [-0.25, -0.2) is 10.6 Å². The number of carboxylic acid groups (broad SMARTS) is 1. The van der Waals surface area contributed by atoms with Crippen molar-refractivity contribution in [2.45, 2.75) is 98.1 Å². The number of rotatable bonds is 17. The summed E-state index contributed by atoms with van der Waals surface area (Å²) in [5.41, 5.74) is 11.9. The highest BCUT2D eigenvalue weighted by atomic mass is 16.5. The van der Waals surface area contributed by atoms with Gasteiger partial charge in [0.2, 0.25) is 0 Å². The highest BCUT2D eigenvalue weighted by Gasteiger charge is 2.13. The third-order valence-corrected chi connectivity index (χ3v) is 4.48. The van der Waals surface area contributed by atoms with Gasteiger partial charge in [-0.3, -0.25) is 9.59 Å². The number of hydrazine groups is 1. The van der Waals surface area contributed by atoms with Crippen LogP contribution in [0.15, 0.2) is 11.9 Å². The fraction of sp³-hybridized carbons (Fsp3) is 0.792. The van der Waals surface area contributed by atoms with Gasteiger partial charge in [-0.15, -0.1) is 0 Å². The first kappa shape index (κ1) is 37.2. The lowest BCUT2D eigenvalue weighted by molar-refractivity contribution is -0.139. The molecule has 0 aliphatic carbocycles. The molecule has 0 aliphatic rings. The molecule has 0 aromatic carbocycles. The number of nitrogens with zero attached hydrogens (tertiary/aromatic N) is 1. The minimum Gasteiger partial charge on any atom is -0.480 e. The van der Waals surface area contributed by atoms with Crippen LogP contribution in [0.4, 0.5) is 4.79 Å². The van der Waals surface area contributed by atoms with E-state index in [-0.39, 0.29) is 12.4 Å². The lowest BCUT2D eigenvalue weighted by Gasteiger charge is -2.16. The molecule has 208 valence electrons. The molecule has 1 amide bonds. The minimum atomic E-state index is -0.892. The highest BCUT2D eigenvalue weighted by molar-refractivity contribution is 5.83. The number of alkyl carbamates (subject to hydrolysis) is 1. The van der Waals surface area contributed by atoms with E-state index in [1.54, 1.807) is 14.0 Å². The van der Waals surface area contributed by atoms with Crippen LogP contribution in [-0.4, -0.2) is 66.8 Å². The summed E-state index contributed by atoms with van der Waals surface area (Å²) in [6, 6.07) is -1.01. The number of unbranched alkanes of at least 4 members (excludes halogenated alkanes) is 2. The Kier molecular flexibility index (Phi) is 27.9. The lowest BCUT2D eigenvalue weighted by atomic mass is 10.0. The van der Waals surface area contributed by atoms with Crippen molar-refractivity contribution in [2.24, 2.45) is 17.3 Å². The van der Waals surface area contributed by atoms with Crippen molar-refractivity contribution in [1.29, 1.82) is 0 Å². The number of Topliss-reactive ketones (excluding diaryl/α,β-unsaturated/α-hetero) is 1. The van der Waals surface area contributed by atoms with Gasteiger partial charge >= 0.3 is 12.1 Å². The molecule has 0 saturated carbocycles. The molecule has 0 spiro atoms. The van der Waals surface area contributed by atoms with Crippen LogP contribution in [-0.2, 0) is 14.3 Å². The molecule has 0 heterocycles. The summed E-state index contributed by atoms with van der Waals surface area (Å²) < 4.78 is 5.00. The van der Waals surface area contributed by atoms with Gasteiger partial charge < -0.3 is 37.0 Å². The van der Waals surface area contributed by atoms with E-state index in [1.807, 2.05) is 13.8 Å². The maximum atomic E-state index is 11.6. The molecule has 11 nitrogen and oxygen atoms in total. The van der Waals surface area contributed by atoms with Crippen molar-refractivity contribution in [3.63, 3.8) is 0 Å². The van der Waals surface area contributed by atoms with Gasteiger partial charge in [0, 0.05) is 25.7 Å². The Morgan fingerprint density at radius 1 is 1.06 bits per heavy atom. The first-order valence-corrected chi connectivity index (χ1v) is 12.7. The molecule has 0 aromatic heterocycles. The second-order valence-corrected chi connectivity index (χ2v) is 7.75. The number of ketones is 1. The van der Waals surface area contributed by atoms with E-state index in [4.69, 9.17) is 27.2 Å². The van der Waals surface area contributed by atoms with E-state index >= 15 is 0 Å². The second-order valence-electron chi connectivity index (χ2n) is 7.75. The fourth-order valence-electron chi connectivity index (χ4n) is 2.65. The Morgan fingerprint density at radius 3 is 2.14 bits per heavy atom. The zero-order chi connectivity index (χ0) is 27.6. The molecule has 0 fully saturated rings. The van der Waals surface area contributed by atoms with Gasteiger partial charge in [-0.1, -0.05) is 41.0 Å². The molecule has 0 aliphatic heterocycles. The largest absolute Gasteiger partial charge is 0.480 e. The molecule has 0 bridgehead atoms. The number of amides is 1. The van der Waals surface area contributed by atoms with E-state index in [9.17, 15) is 14.4 Å². The van der Waals surface area contributed by atoms with E-state index < -0.39 is 24.1 Å². The number of nitrogens with one attached hydrogen (secondary N) is 2. The average molecular weight is 505 g/mol. The van der Waals surface area contributed by atoms with Crippen molar-refractivity contribution in [3.8, 4) is 0 Å². The van der Waals surface area contributed by atoms with E-state index in [1.165, 1.54) is 17.6 Å².